The molecule has 0 amide bonds. The highest BCUT2D eigenvalue weighted by Gasteiger charge is 2.15. The maximum absolute atomic E-state index is 6.18. The van der Waals surface area contributed by atoms with E-state index in [1.54, 1.807) is 6.20 Å². The predicted molar refractivity (Wildman–Crippen MR) is 201 cm³/mol. The first kappa shape index (κ1) is 27.1. The van der Waals surface area contributed by atoms with Gasteiger partial charge in [0.05, 0.1) is 6.20 Å². The molecule has 0 spiro atoms. The summed E-state index contributed by atoms with van der Waals surface area (Å²) in [5.74, 6) is 0.675. The number of hydrogen-bond acceptors (Lipinski definition) is 4. The molecule has 0 fully saturated rings. The van der Waals surface area contributed by atoms with Crippen LogP contribution in [0.15, 0.2) is 162 Å². The van der Waals surface area contributed by atoms with Crippen molar-refractivity contribution in [2.24, 2.45) is 0 Å². The number of fused-ring (bicyclic) bond motifs is 7. The lowest BCUT2D eigenvalue weighted by molar-refractivity contribution is 0.666. The summed E-state index contributed by atoms with van der Waals surface area (Å²) >= 11 is 1.86. The van der Waals surface area contributed by atoms with Gasteiger partial charge in [-0.2, -0.15) is 0 Å². The third-order valence-corrected chi connectivity index (χ3v) is 10.5. The van der Waals surface area contributed by atoms with Crippen molar-refractivity contribution < 1.29 is 4.42 Å². The molecule has 4 heteroatoms. The lowest BCUT2D eigenvalue weighted by Gasteiger charge is -2.09. The van der Waals surface area contributed by atoms with Crippen LogP contribution in [0.25, 0.3) is 97.8 Å². The number of furan rings is 1. The highest BCUT2D eigenvalue weighted by Crippen LogP contribution is 2.41. The van der Waals surface area contributed by atoms with Gasteiger partial charge in [-0.3, -0.25) is 0 Å². The zero-order valence-corrected chi connectivity index (χ0v) is 26.5. The summed E-state index contributed by atoms with van der Waals surface area (Å²) in [5, 5.41) is 6.06. The summed E-state index contributed by atoms with van der Waals surface area (Å²) < 4.78 is 8.82. The van der Waals surface area contributed by atoms with Crippen molar-refractivity contribution >= 4 is 64.4 Å². The summed E-state index contributed by atoms with van der Waals surface area (Å²) in [6.07, 6.45) is 1.80. The van der Waals surface area contributed by atoms with Crippen LogP contribution in [0, 0.1) is 0 Å². The molecule has 0 unspecified atom stereocenters. The fraction of sp³-hybridized carbons (Fsp3) is 0. The number of rotatable bonds is 4. The zero-order chi connectivity index (χ0) is 31.6. The number of aromatic nitrogens is 2. The van der Waals surface area contributed by atoms with Crippen LogP contribution < -0.4 is 0 Å². The van der Waals surface area contributed by atoms with Gasteiger partial charge in [0, 0.05) is 31.1 Å². The summed E-state index contributed by atoms with van der Waals surface area (Å²) in [6, 6.07) is 54.0. The van der Waals surface area contributed by atoms with Gasteiger partial charge >= 0.3 is 0 Å². The Bertz CT molecular complexity index is 2860. The Kier molecular flexibility index (Phi) is 6.05. The third kappa shape index (κ3) is 4.42. The molecule has 0 saturated carbocycles. The molecule has 3 nitrogen and oxygen atoms in total. The zero-order valence-electron chi connectivity index (χ0n) is 25.7. The van der Waals surface area contributed by atoms with Crippen LogP contribution in [0.4, 0.5) is 0 Å². The molecule has 0 atom stereocenters. The highest BCUT2D eigenvalue weighted by atomic mass is 32.1. The number of thiophene rings is 1. The van der Waals surface area contributed by atoms with Crippen LogP contribution in [-0.4, -0.2) is 9.97 Å². The van der Waals surface area contributed by atoms with Gasteiger partial charge in [-0.15, -0.1) is 11.3 Å². The van der Waals surface area contributed by atoms with E-state index in [0.29, 0.717) is 11.4 Å². The molecule has 0 aliphatic carbocycles. The second kappa shape index (κ2) is 10.7. The van der Waals surface area contributed by atoms with E-state index < -0.39 is 0 Å². The molecule has 0 bridgehead atoms. The Balaban J connectivity index is 1.03. The predicted octanol–water partition coefficient (Wildman–Crippen LogP) is 12.6. The fourth-order valence-corrected chi connectivity index (χ4v) is 8.17. The minimum Gasteiger partial charge on any atom is -0.453 e. The smallest absolute Gasteiger partial charge is 0.172 e. The van der Waals surface area contributed by atoms with E-state index in [-0.39, 0.29) is 0 Å². The second-order valence-electron chi connectivity index (χ2n) is 12.2. The molecule has 10 aromatic rings. The number of nitrogens with zero attached hydrogens (tertiary/aromatic N) is 2. The van der Waals surface area contributed by atoms with E-state index >= 15 is 0 Å². The molecule has 0 saturated heterocycles. The highest BCUT2D eigenvalue weighted by molar-refractivity contribution is 7.26. The first-order valence-corrected chi connectivity index (χ1v) is 16.9. The Morgan fingerprint density at radius 1 is 0.458 bits per heavy atom. The maximum Gasteiger partial charge on any atom is 0.172 e. The average Bonchev–Trinajstić information content (AvgIpc) is 3.72. The lowest BCUT2D eigenvalue weighted by atomic mass is 9.97. The van der Waals surface area contributed by atoms with Crippen molar-refractivity contribution in [3.8, 4) is 44.8 Å². The van der Waals surface area contributed by atoms with Gasteiger partial charge in [-0.1, -0.05) is 115 Å². The molecular formula is C44H26N2OS. The van der Waals surface area contributed by atoms with Gasteiger partial charge in [0.25, 0.3) is 0 Å². The summed E-state index contributed by atoms with van der Waals surface area (Å²) in [4.78, 5) is 9.81. The minimum absolute atomic E-state index is 0.675. The SMILES string of the molecule is c1cc(-c2cccc(-c3cccc4c3sc3ccccc34)c2)cc(-c2ncc3oc4ccc(-c5ccc6ccccc6c5)cc4c3n2)c1. The summed E-state index contributed by atoms with van der Waals surface area (Å²) in [5.41, 5.74) is 10.3. The first-order chi connectivity index (χ1) is 23.7. The molecule has 0 radical (unpaired) electrons. The van der Waals surface area contributed by atoms with Gasteiger partial charge in [-0.25, -0.2) is 9.97 Å². The van der Waals surface area contributed by atoms with Crippen molar-refractivity contribution in [1.29, 1.82) is 0 Å². The number of hydrogen-bond donors (Lipinski definition) is 0. The van der Waals surface area contributed by atoms with Crippen LogP contribution in [0.1, 0.15) is 0 Å². The molecular weight excluding hydrogens is 605 g/mol. The van der Waals surface area contributed by atoms with Gasteiger partial charge in [-0.05, 0) is 80.6 Å². The van der Waals surface area contributed by atoms with E-state index in [1.807, 2.05) is 17.4 Å². The first-order valence-electron chi connectivity index (χ1n) is 16.1. The van der Waals surface area contributed by atoms with Gasteiger partial charge in [0.15, 0.2) is 11.4 Å². The molecule has 224 valence electrons. The lowest BCUT2D eigenvalue weighted by Crippen LogP contribution is -1.89. The molecule has 7 aromatic carbocycles. The quantitative estimate of drug-likeness (QED) is 0.194. The topological polar surface area (TPSA) is 38.9 Å². The molecule has 3 heterocycles. The average molecular weight is 631 g/mol. The van der Waals surface area contributed by atoms with E-state index in [2.05, 4.69) is 146 Å². The van der Waals surface area contributed by atoms with E-state index in [9.17, 15) is 0 Å². The monoisotopic (exact) mass is 630 g/mol. The van der Waals surface area contributed by atoms with Crippen LogP contribution in [-0.2, 0) is 0 Å². The van der Waals surface area contributed by atoms with Crippen molar-refractivity contribution in [1.82, 2.24) is 9.97 Å². The Labute approximate surface area is 280 Å². The Morgan fingerprint density at radius 2 is 1.15 bits per heavy atom. The number of benzene rings is 7. The van der Waals surface area contributed by atoms with Crippen molar-refractivity contribution in [3.05, 3.63) is 158 Å². The van der Waals surface area contributed by atoms with E-state index in [0.717, 1.165) is 44.3 Å². The Hall–Kier alpha value is -6.10. The molecule has 48 heavy (non-hydrogen) atoms. The standard InChI is InChI=1S/C44H26N2OS/c1-2-9-28-22-31(19-18-27(28)8-1)32-20-21-39-38(25-32)42-40(47-39)26-45-44(46-42)34-13-6-11-30(24-34)29-10-5-12-33(23-29)35-15-7-16-37-36-14-3-4-17-41(36)48-43(35)37/h1-26H. The largest absolute Gasteiger partial charge is 0.453 e. The fourth-order valence-electron chi connectivity index (χ4n) is 6.93. The second-order valence-corrected chi connectivity index (χ2v) is 13.3. The van der Waals surface area contributed by atoms with Crippen LogP contribution in [0.5, 0.6) is 0 Å². The summed E-state index contributed by atoms with van der Waals surface area (Å²) in [6.45, 7) is 0. The molecule has 0 aliphatic rings. The van der Waals surface area contributed by atoms with Crippen molar-refractivity contribution in [2.45, 2.75) is 0 Å². The molecule has 0 aliphatic heterocycles. The normalized spacial score (nSPS) is 11.8. The Morgan fingerprint density at radius 3 is 2.06 bits per heavy atom. The molecule has 3 aromatic heterocycles. The van der Waals surface area contributed by atoms with Crippen molar-refractivity contribution in [2.75, 3.05) is 0 Å². The van der Waals surface area contributed by atoms with E-state index in [4.69, 9.17) is 14.4 Å². The van der Waals surface area contributed by atoms with Gasteiger partial charge in [0.1, 0.15) is 11.1 Å². The van der Waals surface area contributed by atoms with Crippen LogP contribution >= 0.6 is 11.3 Å². The maximum atomic E-state index is 6.18. The van der Waals surface area contributed by atoms with Gasteiger partial charge < -0.3 is 4.42 Å². The molecule has 10 rings (SSSR count). The van der Waals surface area contributed by atoms with Crippen LogP contribution in [0.3, 0.4) is 0 Å². The van der Waals surface area contributed by atoms with E-state index in [1.165, 1.54) is 42.1 Å². The van der Waals surface area contributed by atoms with Gasteiger partial charge in [0.2, 0.25) is 0 Å². The molecule has 0 N–H and O–H groups in total. The third-order valence-electron chi connectivity index (χ3n) is 9.32. The summed E-state index contributed by atoms with van der Waals surface area (Å²) in [7, 11) is 0. The van der Waals surface area contributed by atoms with Crippen LogP contribution in [0.2, 0.25) is 0 Å². The van der Waals surface area contributed by atoms with Crippen molar-refractivity contribution in [3.63, 3.8) is 0 Å². The minimum atomic E-state index is 0.675.